The van der Waals surface area contributed by atoms with Gasteiger partial charge in [-0.2, -0.15) is 4.79 Å². The van der Waals surface area contributed by atoms with Gasteiger partial charge in [0.25, 0.3) is 0 Å². The van der Waals surface area contributed by atoms with E-state index in [1.54, 1.807) is 24.8 Å². The second-order valence-electron chi connectivity index (χ2n) is 3.29. The van der Waals surface area contributed by atoms with Crippen molar-refractivity contribution in [3.63, 3.8) is 0 Å². The molecule has 0 N–H and O–H groups in total. The highest BCUT2D eigenvalue weighted by molar-refractivity contribution is 6.21. The quantitative estimate of drug-likeness (QED) is 0.402. The zero-order valence-electron chi connectivity index (χ0n) is 7.75. The molecule has 0 spiro atoms. The van der Waals surface area contributed by atoms with E-state index in [9.17, 15) is 0 Å². The molecule has 3 rings (SSSR count). The van der Waals surface area contributed by atoms with Gasteiger partial charge >= 0.3 is 5.71 Å². The van der Waals surface area contributed by atoms with Crippen LogP contribution in [0.1, 0.15) is 11.1 Å². The number of nitrogens with zero attached hydrogens (tertiary/aromatic N) is 4. The summed E-state index contributed by atoms with van der Waals surface area (Å²) in [5.74, 6) is 0. The van der Waals surface area contributed by atoms with Crippen LogP contribution in [0.3, 0.4) is 0 Å². The lowest BCUT2D eigenvalue weighted by Gasteiger charge is -1.94. The third-order valence-corrected chi connectivity index (χ3v) is 2.54. The number of fused-ring (bicyclic) bond motifs is 3. The number of aromatic nitrogens is 2. The van der Waals surface area contributed by atoms with Crippen LogP contribution in [-0.2, 0) is 0 Å². The Bertz CT molecular complexity index is 550. The average Bonchev–Trinajstić information content (AvgIpc) is 2.63. The molecule has 0 aromatic carbocycles. The zero-order valence-corrected chi connectivity index (χ0v) is 7.75. The number of rotatable bonds is 0. The fourth-order valence-electron chi connectivity index (χ4n) is 1.88. The molecular formula is C11H6N4. The molecule has 0 aliphatic heterocycles. The van der Waals surface area contributed by atoms with E-state index in [0.29, 0.717) is 5.71 Å². The molecule has 0 atom stereocenters. The van der Waals surface area contributed by atoms with Crippen molar-refractivity contribution in [1.82, 2.24) is 9.97 Å². The minimum atomic E-state index is 0.588. The maximum atomic E-state index is 9.01. The summed E-state index contributed by atoms with van der Waals surface area (Å²) in [6.07, 6.45) is 6.88. The molecule has 0 radical (unpaired) electrons. The standard InChI is InChI=1S/C11H6N4/c12-15-11-7-1-3-13-5-9(7)10-6-14-4-2-8(10)11/h1-6H. The summed E-state index contributed by atoms with van der Waals surface area (Å²) in [7, 11) is 0. The molecule has 4 nitrogen and oxygen atoms in total. The van der Waals surface area contributed by atoms with E-state index in [4.69, 9.17) is 5.53 Å². The van der Waals surface area contributed by atoms with E-state index in [-0.39, 0.29) is 0 Å². The van der Waals surface area contributed by atoms with Crippen molar-refractivity contribution in [3.8, 4) is 11.1 Å². The Morgan fingerprint density at radius 3 is 1.87 bits per heavy atom. The van der Waals surface area contributed by atoms with Crippen molar-refractivity contribution in [1.29, 1.82) is 0 Å². The molecule has 1 aliphatic rings. The zero-order chi connectivity index (χ0) is 10.3. The van der Waals surface area contributed by atoms with Gasteiger partial charge in [0.1, 0.15) is 0 Å². The predicted octanol–water partition coefficient (Wildman–Crippen LogP) is 1.52. The SMILES string of the molecule is [N-]=[N+]=C1c2ccncc2-c2cnccc21. The lowest BCUT2D eigenvalue weighted by molar-refractivity contribution is -0.00244. The first kappa shape index (κ1) is 8.03. The Balaban J connectivity index is 2.47. The number of hydrogen-bond acceptors (Lipinski definition) is 2. The van der Waals surface area contributed by atoms with Crippen LogP contribution >= 0.6 is 0 Å². The van der Waals surface area contributed by atoms with Crippen molar-refractivity contribution in [2.45, 2.75) is 0 Å². The van der Waals surface area contributed by atoms with E-state index in [1.165, 1.54) is 0 Å². The van der Waals surface area contributed by atoms with Gasteiger partial charge in [-0.15, -0.1) is 0 Å². The summed E-state index contributed by atoms with van der Waals surface area (Å²) >= 11 is 0. The van der Waals surface area contributed by atoms with Crippen LogP contribution in [0.15, 0.2) is 36.9 Å². The Morgan fingerprint density at radius 2 is 1.40 bits per heavy atom. The van der Waals surface area contributed by atoms with Gasteiger partial charge < -0.3 is 5.53 Å². The summed E-state index contributed by atoms with van der Waals surface area (Å²) in [5.41, 5.74) is 13.3. The maximum absolute atomic E-state index is 9.01. The molecule has 0 saturated heterocycles. The Hall–Kier alpha value is -2.32. The molecule has 0 unspecified atom stereocenters. The second-order valence-corrected chi connectivity index (χ2v) is 3.29. The average molecular weight is 194 g/mol. The predicted molar refractivity (Wildman–Crippen MR) is 54.3 cm³/mol. The van der Waals surface area contributed by atoms with E-state index < -0.39 is 0 Å². The minimum Gasteiger partial charge on any atom is -0.361 e. The monoisotopic (exact) mass is 194 g/mol. The van der Waals surface area contributed by atoms with E-state index >= 15 is 0 Å². The van der Waals surface area contributed by atoms with E-state index in [0.717, 1.165) is 22.3 Å². The van der Waals surface area contributed by atoms with Crippen LogP contribution < -0.4 is 0 Å². The molecule has 2 aromatic heterocycles. The Labute approximate surface area is 85.9 Å². The van der Waals surface area contributed by atoms with Crippen molar-refractivity contribution in [2.75, 3.05) is 0 Å². The third-order valence-electron chi connectivity index (χ3n) is 2.54. The molecule has 4 heteroatoms. The van der Waals surface area contributed by atoms with Crippen molar-refractivity contribution in [3.05, 3.63) is 53.6 Å². The van der Waals surface area contributed by atoms with Gasteiger partial charge in [-0.25, -0.2) is 0 Å². The van der Waals surface area contributed by atoms with Crippen molar-refractivity contribution in [2.24, 2.45) is 0 Å². The molecule has 1 aliphatic carbocycles. The summed E-state index contributed by atoms with van der Waals surface area (Å²) in [6, 6.07) is 3.68. The van der Waals surface area contributed by atoms with Crippen LogP contribution in [0.4, 0.5) is 0 Å². The normalized spacial score (nSPS) is 11.9. The third kappa shape index (κ3) is 0.965. The van der Waals surface area contributed by atoms with Gasteiger partial charge in [0, 0.05) is 35.9 Å². The molecule has 2 heterocycles. The van der Waals surface area contributed by atoms with E-state index in [2.05, 4.69) is 14.8 Å². The first-order valence-corrected chi connectivity index (χ1v) is 4.53. The first-order valence-electron chi connectivity index (χ1n) is 4.53. The number of hydrogen-bond donors (Lipinski definition) is 0. The fourth-order valence-corrected chi connectivity index (χ4v) is 1.88. The smallest absolute Gasteiger partial charge is 0.331 e. The number of pyridine rings is 2. The van der Waals surface area contributed by atoms with Crippen LogP contribution in [0.5, 0.6) is 0 Å². The molecule has 0 amide bonds. The first-order chi connectivity index (χ1) is 7.42. The van der Waals surface area contributed by atoms with Gasteiger partial charge in [-0.1, -0.05) is 0 Å². The lowest BCUT2D eigenvalue weighted by atomic mass is 10.1. The molecule has 70 valence electrons. The van der Waals surface area contributed by atoms with E-state index in [1.807, 2.05) is 12.1 Å². The van der Waals surface area contributed by atoms with Crippen molar-refractivity contribution < 1.29 is 4.79 Å². The molecule has 0 fully saturated rings. The lowest BCUT2D eigenvalue weighted by Crippen LogP contribution is -1.98. The summed E-state index contributed by atoms with van der Waals surface area (Å²) in [5, 5.41) is 0. The van der Waals surface area contributed by atoms with Gasteiger partial charge in [0.15, 0.2) is 0 Å². The van der Waals surface area contributed by atoms with Crippen molar-refractivity contribution >= 4 is 5.71 Å². The minimum absolute atomic E-state index is 0.588. The fraction of sp³-hybridized carbons (Fsp3) is 0. The molecular weight excluding hydrogens is 188 g/mol. The second kappa shape index (κ2) is 2.83. The summed E-state index contributed by atoms with van der Waals surface area (Å²) < 4.78 is 0. The highest BCUT2D eigenvalue weighted by Gasteiger charge is 2.30. The molecule has 2 aromatic rings. The van der Waals surface area contributed by atoms with Crippen LogP contribution in [0.2, 0.25) is 0 Å². The summed E-state index contributed by atoms with van der Waals surface area (Å²) in [6.45, 7) is 0. The Morgan fingerprint density at radius 1 is 0.867 bits per heavy atom. The van der Waals surface area contributed by atoms with Crippen LogP contribution in [0, 0.1) is 0 Å². The largest absolute Gasteiger partial charge is 0.361 e. The van der Waals surface area contributed by atoms with Crippen LogP contribution in [0.25, 0.3) is 16.7 Å². The topological polar surface area (TPSA) is 62.2 Å². The summed E-state index contributed by atoms with van der Waals surface area (Å²) in [4.78, 5) is 11.5. The Kier molecular flexibility index (Phi) is 1.52. The molecule has 0 saturated carbocycles. The maximum Gasteiger partial charge on any atom is 0.331 e. The highest BCUT2D eigenvalue weighted by Crippen LogP contribution is 2.34. The van der Waals surface area contributed by atoms with Gasteiger partial charge in [0.05, 0.1) is 11.1 Å². The van der Waals surface area contributed by atoms with Crippen LogP contribution in [-0.4, -0.2) is 20.5 Å². The van der Waals surface area contributed by atoms with Gasteiger partial charge in [0.2, 0.25) is 0 Å². The van der Waals surface area contributed by atoms with Gasteiger partial charge in [-0.05, 0) is 12.1 Å². The molecule has 0 bridgehead atoms. The highest BCUT2D eigenvalue weighted by atomic mass is 14.9. The van der Waals surface area contributed by atoms with Gasteiger partial charge in [-0.3, -0.25) is 9.97 Å². The molecule has 15 heavy (non-hydrogen) atoms.